The molecule has 38 heavy (non-hydrogen) atoms. The number of hydrogen-bond donors (Lipinski definition) is 2. The van der Waals surface area contributed by atoms with Gasteiger partial charge in [-0.15, -0.1) is 23.1 Å². The largest absolute Gasteiger partial charge is 0.465 e. The van der Waals surface area contributed by atoms with Gasteiger partial charge in [-0.05, 0) is 67.9 Å². The van der Waals surface area contributed by atoms with Gasteiger partial charge >= 0.3 is 5.97 Å². The Kier molecular flexibility index (Phi) is 9.63. The second kappa shape index (κ2) is 13.1. The van der Waals surface area contributed by atoms with Gasteiger partial charge < -0.3 is 15.4 Å². The highest BCUT2D eigenvalue weighted by atomic mass is 32.2. The highest BCUT2D eigenvalue weighted by Gasteiger charge is 2.31. The topological polar surface area (TPSA) is 84.5 Å². The van der Waals surface area contributed by atoms with E-state index in [4.69, 9.17) is 4.74 Å². The van der Waals surface area contributed by atoms with Crippen LogP contribution in [0.2, 0.25) is 0 Å². The van der Waals surface area contributed by atoms with E-state index in [9.17, 15) is 14.4 Å². The fourth-order valence-corrected chi connectivity index (χ4v) is 6.93. The SMILES string of the molecule is CCCCC(=O)Nc1cccc(SC(C)C(=O)Nc2sc3c(c2C(=O)OC)CCC(c2ccccc2)C3)c1. The molecule has 1 aliphatic rings. The van der Waals surface area contributed by atoms with Crippen LogP contribution in [0.4, 0.5) is 10.7 Å². The lowest BCUT2D eigenvalue weighted by Crippen LogP contribution is -2.23. The van der Waals surface area contributed by atoms with Crippen molar-refractivity contribution < 1.29 is 19.1 Å². The maximum atomic E-state index is 13.2. The van der Waals surface area contributed by atoms with Gasteiger partial charge in [-0.25, -0.2) is 4.79 Å². The van der Waals surface area contributed by atoms with Crippen molar-refractivity contribution in [3.63, 3.8) is 0 Å². The summed E-state index contributed by atoms with van der Waals surface area (Å²) in [6.45, 7) is 3.89. The monoisotopic (exact) mass is 550 g/mol. The van der Waals surface area contributed by atoms with Gasteiger partial charge in [0.1, 0.15) is 5.00 Å². The fourth-order valence-electron chi connectivity index (χ4n) is 4.68. The maximum Gasteiger partial charge on any atom is 0.341 e. The number of thioether (sulfide) groups is 1. The number of anilines is 2. The summed E-state index contributed by atoms with van der Waals surface area (Å²) in [7, 11) is 1.38. The van der Waals surface area contributed by atoms with Gasteiger partial charge in [0.15, 0.2) is 0 Å². The smallest absolute Gasteiger partial charge is 0.341 e. The van der Waals surface area contributed by atoms with Crippen LogP contribution in [0.3, 0.4) is 0 Å². The van der Waals surface area contributed by atoms with Crippen molar-refractivity contribution >= 4 is 51.6 Å². The van der Waals surface area contributed by atoms with E-state index in [1.54, 1.807) is 0 Å². The van der Waals surface area contributed by atoms with Crippen LogP contribution < -0.4 is 10.6 Å². The number of thiophene rings is 1. The fraction of sp³-hybridized carbons (Fsp3) is 0.367. The average Bonchev–Trinajstić information content (AvgIpc) is 3.29. The number of benzene rings is 2. The molecule has 0 saturated carbocycles. The molecule has 1 aliphatic carbocycles. The number of rotatable bonds is 10. The summed E-state index contributed by atoms with van der Waals surface area (Å²) in [5.41, 5.74) is 3.50. The lowest BCUT2D eigenvalue weighted by molar-refractivity contribution is -0.116. The summed E-state index contributed by atoms with van der Waals surface area (Å²) in [6.07, 6.45) is 4.87. The van der Waals surface area contributed by atoms with E-state index >= 15 is 0 Å². The molecular weight excluding hydrogens is 516 g/mol. The van der Waals surface area contributed by atoms with Crippen LogP contribution in [0.15, 0.2) is 59.5 Å². The van der Waals surface area contributed by atoms with Crippen LogP contribution in [0.5, 0.6) is 0 Å². The first-order chi connectivity index (χ1) is 18.4. The highest BCUT2D eigenvalue weighted by Crippen LogP contribution is 2.43. The Balaban J connectivity index is 1.46. The van der Waals surface area contributed by atoms with E-state index in [1.807, 2.05) is 37.3 Å². The van der Waals surface area contributed by atoms with E-state index in [0.29, 0.717) is 22.9 Å². The molecule has 0 bridgehead atoms. The van der Waals surface area contributed by atoms with Gasteiger partial charge in [0.25, 0.3) is 0 Å². The predicted octanol–water partition coefficient (Wildman–Crippen LogP) is 7.06. The molecule has 2 atom stereocenters. The minimum Gasteiger partial charge on any atom is -0.465 e. The molecule has 4 rings (SSSR count). The average molecular weight is 551 g/mol. The van der Waals surface area contributed by atoms with Crippen molar-refractivity contribution in [2.24, 2.45) is 0 Å². The molecule has 2 unspecified atom stereocenters. The van der Waals surface area contributed by atoms with E-state index < -0.39 is 11.2 Å². The van der Waals surface area contributed by atoms with Gasteiger partial charge in [0, 0.05) is 21.9 Å². The van der Waals surface area contributed by atoms with Crippen molar-refractivity contribution in [1.82, 2.24) is 0 Å². The van der Waals surface area contributed by atoms with Crippen LogP contribution in [-0.2, 0) is 27.2 Å². The van der Waals surface area contributed by atoms with Crippen molar-refractivity contribution in [2.75, 3.05) is 17.7 Å². The molecule has 200 valence electrons. The molecule has 0 radical (unpaired) electrons. The van der Waals surface area contributed by atoms with Crippen molar-refractivity contribution in [3.8, 4) is 0 Å². The van der Waals surface area contributed by atoms with Gasteiger partial charge in [0.05, 0.1) is 17.9 Å². The zero-order chi connectivity index (χ0) is 27.1. The Morgan fingerprint density at radius 2 is 1.89 bits per heavy atom. The Hall–Kier alpha value is -3.10. The first-order valence-corrected chi connectivity index (χ1v) is 14.7. The lowest BCUT2D eigenvalue weighted by atomic mass is 9.83. The second-order valence-corrected chi connectivity index (χ2v) is 12.0. The molecule has 6 nitrogen and oxygen atoms in total. The molecular formula is C30H34N2O4S2. The molecule has 0 fully saturated rings. The molecule has 0 spiro atoms. The summed E-state index contributed by atoms with van der Waals surface area (Å²) < 4.78 is 5.10. The summed E-state index contributed by atoms with van der Waals surface area (Å²) in [5.74, 6) is -0.217. The number of esters is 1. The minimum atomic E-state index is -0.414. The van der Waals surface area contributed by atoms with Gasteiger partial charge in [-0.1, -0.05) is 49.7 Å². The number of methoxy groups -OCH3 is 1. The van der Waals surface area contributed by atoms with E-state index in [-0.39, 0.29) is 11.8 Å². The van der Waals surface area contributed by atoms with Crippen molar-refractivity contribution in [1.29, 1.82) is 0 Å². The second-order valence-electron chi connectivity index (χ2n) is 9.48. The first kappa shape index (κ1) is 27.9. The molecule has 0 saturated heterocycles. The van der Waals surface area contributed by atoms with Gasteiger partial charge in [-0.3, -0.25) is 9.59 Å². The van der Waals surface area contributed by atoms with Crippen LogP contribution in [0, 0.1) is 0 Å². The van der Waals surface area contributed by atoms with Crippen molar-refractivity contribution in [2.45, 2.75) is 68.4 Å². The zero-order valence-corrected chi connectivity index (χ0v) is 23.7. The van der Waals surface area contributed by atoms with Crippen molar-refractivity contribution in [3.05, 3.63) is 76.2 Å². The van der Waals surface area contributed by atoms with Crippen LogP contribution >= 0.6 is 23.1 Å². The Labute approximate surface area is 232 Å². The molecule has 0 aliphatic heterocycles. The zero-order valence-electron chi connectivity index (χ0n) is 22.0. The normalized spacial score (nSPS) is 15.3. The molecule has 2 aromatic carbocycles. The Morgan fingerprint density at radius 1 is 1.11 bits per heavy atom. The standard InChI is InChI=1S/C30H34N2O4S2/c1-4-5-14-26(33)31-22-12-9-13-23(18-22)37-19(2)28(34)32-29-27(30(35)36-3)24-16-15-21(17-25(24)38-29)20-10-7-6-8-11-20/h6-13,18-19,21H,4-5,14-17H2,1-3H3,(H,31,33)(H,32,34). The third-order valence-corrected chi connectivity index (χ3v) is 8.98. The summed E-state index contributed by atoms with van der Waals surface area (Å²) in [4.78, 5) is 40.1. The highest BCUT2D eigenvalue weighted by molar-refractivity contribution is 8.00. The maximum absolute atomic E-state index is 13.2. The third kappa shape index (κ3) is 6.85. The number of ether oxygens (including phenoxy) is 1. The molecule has 2 amide bonds. The summed E-state index contributed by atoms with van der Waals surface area (Å²) in [6, 6.07) is 17.9. The number of hydrogen-bond acceptors (Lipinski definition) is 6. The minimum absolute atomic E-state index is 0.00806. The predicted molar refractivity (Wildman–Crippen MR) is 155 cm³/mol. The quantitative estimate of drug-likeness (QED) is 0.209. The third-order valence-electron chi connectivity index (χ3n) is 6.72. The number of carbonyl (C=O) groups excluding carboxylic acids is 3. The Morgan fingerprint density at radius 3 is 2.63 bits per heavy atom. The van der Waals surface area contributed by atoms with Crippen LogP contribution in [0.1, 0.15) is 71.8 Å². The van der Waals surface area contributed by atoms with Gasteiger partial charge in [-0.2, -0.15) is 0 Å². The molecule has 8 heteroatoms. The van der Waals surface area contributed by atoms with E-state index in [1.165, 1.54) is 35.8 Å². The van der Waals surface area contributed by atoms with E-state index in [2.05, 4.69) is 41.8 Å². The Bertz CT molecular complexity index is 1290. The molecule has 1 heterocycles. The number of amides is 2. The summed E-state index contributed by atoms with van der Waals surface area (Å²) >= 11 is 2.89. The summed E-state index contributed by atoms with van der Waals surface area (Å²) in [5, 5.41) is 6.09. The lowest BCUT2D eigenvalue weighted by Gasteiger charge is -2.22. The van der Waals surface area contributed by atoms with Gasteiger partial charge in [0.2, 0.25) is 11.8 Å². The number of nitrogens with one attached hydrogen (secondary N) is 2. The number of carbonyl (C=O) groups is 3. The van der Waals surface area contributed by atoms with E-state index in [0.717, 1.165) is 53.1 Å². The first-order valence-electron chi connectivity index (χ1n) is 13.0. The molecule has 2 N–H and O–H groups in total. The number of unbranched alkanes of at least 4 members (excludes halogenated alkanes) is 1. The molecule has 3 aromatic rings. The van der Waals surface area contributed by atoms with Crippen LogP contribution in [0.25, 0.3) is 0 Å². The molecule has 1 aromatic heterocycles. The number of fused-ring (bicyclic) bond motifs is 1. The van der Waals surface area contributed by atoms with Crippen LogP contribution in [-0.4, -0.2) is 30.1 Å².